The topological polar surface area (TPSA) is 121 Å². The fourth-order valence-electron chi connectivity index (χ4n) is 9.65. The number of rotatable bonds is 13. The van der Waals surface area contributed by atoms with Crippen molar-refractivity contribution >= 4 is 52.7 Å². The first-order valence-electron chi connectivity index (χ1n) is 20.2. The molecule has 4 saturated heterocycles. The summed E-state index contributed by atoms with van der Waals surface area (Å²) in [6.07, 6.45) is 6.78. The molecule has 5 aliphatic rings. The highest BCUT2D eigenvalue weighted by atomic mass is 35.5. The number of piperazine rings is 1. The van der Waals surface area contributed by atoms with Gasteiger partial charge in [-0.25, -0.2) is 4.79 Å². The number of methoxy groups -OCH3 is 2. The van der Waals surface area contributed by atoms with Crippen LogP contribution < -0.4 is 4.74 Å². The highest BCUT2D eigenvalue weighted by Crippen LogP contribution is 2.47. The minimum Gasteiger partial charge on any atom is -0.491 e. The Morgan fingerprint density at radius 2 is 1.56 bits per heavy atom. The Balaban J connectivity index is 1.16. The van der Waals surface area contributed by atoms with E-state index in [0.29, 0.717) is 74.2 Å². The molecular weight excluding hydrogens is 769 g/mol. The van der Waals surface area contributed by atoms with Crippen LogP contribution in [0.1, 0.15) is 68.4 Å². The molecule has 14 heteroatoms. The van der Waals surface area contributed by atoms with Crippen molar-refractivity contribution < 1.29 is 33.4 Å². The average Bonchev–Trinajstić information content (AvgIpc) is 3.70. The number of aryl methyl sites for hydroxylation is 1. The van der Waals surface area contributed by atoms with Gasteiger partial charge in [-0.1, -0.05) is 47.5 Å². The van der Waals surface area contributed by atoms with E-state index in [4.69, 9.17) is 42.4 Å². The van der Waals surface area contributed by atoms with Crippen molar-refractivity contribution in [3.8, 4) is 5.75 Å². The molecule has 4 unspecified atom stereocenters. The minimum atomic E-state index is -1.17. The number of benzene rings is 2. The summed E-state index contributed by atoms with van der Waals surface area (Å²) >= 11 is 13.7. The predicted molar refractivity (Wildman–Crippen MR) is 218 cm³/mol. The van der Waals surface area contributed by atoms with Crippen molar-refractivity contribution in [2.24, 2.45) is 10.9 Å². The molecule has 0 aromatic heterocycles. The monoisotopic (exact) mass is 821 g/mol. The average molecular weight is 823 g/mol. The second-order valence-electron chi connectivity index (χ2n) is 15.8. The number of nitrogens with zero attached hydrogens (tertiary/aromatic N) is 5. The summed E-state index contributed by atoms with van der Waals surface area (Å²) in [6.45, 7) is 4.30. The molecule has 306 valence electrons. The van der Waals surface area contributed by atoms with E-state index >= 15 is 0 Å². The fourth-order valence-corrected chi connectivity index (χ4v) is 10.3. The first kappa shape index (κ1) is 41.2. The van der Waals surface area contributed by atoms with Crippen LogP contribution in [0.15, 0.2) is 58.7 Å². The Bertz CT molecular complexity index is 1880. The van der Waals surface area contributed by atoms with Crippen molar-refractivity contribution in [1.82, 2.24) is 19.6 Å². The zero-order chi connectivity index (χ0) is 40.2. The third kappa shape index (κ3) is 8.89. The lowest BCUT2D eigenvalue weighted by Gasteiger charge is -2.45. The van der Waals surface area contributed by atoms with Gasteiger partial charge in [0.05, 0.1) is 38.5 Å². The van der Waals surface area contributed by atoms with Crippen LogP contribution in [-0.4, -0.2) is 134 Å². The van der Waals surface area contributed by atoms with Gasteiger partial charge >= 0.3 is 11.9 Å². The maximum absolute atomic E-state index is 14.2. The molecule has 0 radical (unpaired) electrons. The van der Waals surface area contributed by atoms with Crippen molar-refractivity contribution in [2.75, 3.05) is 67.1 Å². The number of esters is 2. The van der Waals surface area contributed by atoms with Crippen LogP contribution in [0, 0.1) is 5.92 Å². The molecule has 12 nitrogen and oxygen atoms in total. The van der Waals surface area contributed by atoms with Crippen LogP contribution in [0.3, 0.4) is 0 Å². The molecule has 4 atom stereocenters. The van der Waals surface area contributed by atoms with E-state index in [2.05, 4.69) is 16.8 Å². The summed E-state index contributed by atoms with van der Waals surface area (Å²) in [4.78, 5) is 67.9. The number of piperidine rings is 1. The van der Waals surface area contributed by atoms with E-state index in [-0.39, 0.29) is 46.0 Å². The zero-order valence-electron chi connectivity index (χ0n) is 33.1. The van der Waals surface area contributed by atoms with Gasteiger partial charge in [-0.05, 0) is 81.3 Å². The van der Waals surface area contributed by atoms with E-state index in [1.807, 2.05) is 34.1 Å². The molecule has 0 N–H and O–H groups in total. The first-order chi connectivity index (χ1) is 27.6. The number of hydrogen-bond donors (Lipinski definition) is 0. The third-order valence-electron chi connectivity index (χ3n) is 12.7. The highest BCUT2D eigenvalue weighted by Gasteiger charge is 2.47. The Labute approximate surface area is 345 Å². The fraction of sp³-hybridized carbons (Fsp3) is 0.558. The van der Waals surface area contributed by atoms with Crippen molar-refractivity contribution in [3.63, 3.8) is 0 Å². The molecule has 0 saturated carbocycles. The number of hydrogen-bond acceptors (Lipinski definition) is 10. The largest absolute Gasteiger partial charge is 0.491 e. The molecule has 0 spiro atoms. The van der Waals surface area contributed by atoms with Gasteiger partial charge in [-0.3, -0.25) is 24.3 Å². The number of carbonyl (C=O) groups excluding carboxylic acids is 4. The summed E-state index contributed by atoms with van der Waals surface area (Å²) in [5.74, 6) is -2.92. The van der Waals surface area contributed by atoms with Gasteiger partial charge in [0.15, 0.2) is 0 Å². The molecule has 4 fully saturated rings. The molecular formula is C43H53Cl2N5O7. The van der Waals surface area contributed by atoms with Crippen molar-refractivity contribution in [3.05, 3.63) is 74.9 Å². The normalized spacial score (nSPS) is 25.5. The summed E-state index contributed by atoms with van der Waals surface area (Å²) in [5.41, 5.74) is 2.00. The lowest BCUT2D eigenvalue weighted by Crippen LogP contribution is -2.56. The van der Waals surface area contributed by atoms with Crippen LogP contribution in [0.2, 0.25) is 10.0 Å². The van der Waals surface area contributed by atoms with Gasteiger partial charge in [0.2, 0.25) is 11.8 Å². The van der Waals surface area contributed by atoms with Crippen LogP contribution in [-0.2, 0) is 35.1 Å². The number of halogens is 2. The minimum absolute atomic E-state index is 0.130. The molecule has 5 heterocycles. The maximum atomic E-state index is 14.2. The third-order valence-corrected chi connectivity index (χ3v) is 13.4. The van der Waals surface area contributed by atoms with E-state index in [1.54, 1.807) is 18.2 Å². The SMILES string of the molecule is COC(=O)C1=C(CCc2ccccc2OCCN2CCCC2=O)N=C(CC(=O)N2CCN(C3CC4CCC(C3)N4C)CC2)C(C(=O)OC)C1c1c(Cl)cccc1Cl. The number of aliphatic imine (C=N–C) groups is 1. The van der Waals surface area contributed by atoms with Crippen molar-refractivity contribution in [2.45, 2.75) is 81.8 Å². The molecule has 5 aliphatic heterocycles. The number of fused-ring (bicyclic) bond motifs is 2. The van der Waals surface area contributed by atoms with Crippen LogP contribution in [0.25, 0.3) is 0 Å². The van der Waals surface area contributed by atoms with E-state index in [0.717, 1.165) is 31.6 Å². The van der Waals surface area contributed by atoms with Gasteiger partial charge in [0.25, 0.3) is 0 Å². The molecule has 2 aromatic rings. The number of likely N-dealkylation sites (tertiary alicyclic amines) is 1. The smallest absolute Gasteiger partial charge is 0.336 e. The number of amides is 2. The highest BCUT2D eigenvalue weighted by molar-refractivity contribution is 6.36. The van der Waals surface area contributed by atoms with Gasteiger partial charge in [-0.15, -0.1) is 0 Å². The van der Waals surface area contributed by atoms with Gasteiger partial charge in [-0.2, -0.15) is 0 Å². The van der Waals surface area contributed by atoms with E-state index in [1.165, 1.54) is 39.9 Å². The number of para-hydroxylation sites is 1. The standard InChI is InChI=1S/C43H53Cl2N5O7/c1-47-28-14-15-29(47)25-30(24-28)48-18-20-50(21-19-48)37(52)26-34-40(43(54)56-3)41(38-31(44)9-6-10-32(38)45)39(42(53)55-2)33(46-34)16-13-27-8-4-5-11-35(27)57-23-22-49-17-7-12-36(49)51/h4-6,8-11,28-30,40-41H,7,12-26H2,1-3H3. The molecule has 2 amide bonds. The second kappa shape index (κ2) is 18.3. The maximum Gasteiger partial charge on any atom is 0.336 e. The van der Waals surface area contributed by atoms with Gasteiger partial charge in [0, 0.05) is 78.9 Å². The summed E-state index contributed by atoms with van der Waals surface area (Å²) in [6, 6.07) is 14.4. The first-order valence-corrected chi connectivity index (χ1v) is 21.0. The molecule has 2 bridgehead atoms. The van der Waals surface area contributed by atoms with Crippen molar-refractivity contribution in [1.29, 1.82) is 0 Å². The lowest BCUT2D eigenvalue weighted by atomic mass is 9.73. The summed E-state index contributed by atoms with van der Waals surface area (Å²) in [5, 5.41) is 0.506. The number of allylic oxidation sites excluding steroid dienone is 1. The lowest BCUT2D eigenvalue weighted by molar-refractivity contribution is -0.143. The Hall–Kier alpha value is -3.97. The number of carbonyl (C=O) groups is 4. The predicted octanol–water partition coefficient (Wildman–Crippen LogP) is 5.54. The quantitative estimate of drug-likeness (QED) is 0.240. The molecule has 7 rings (SSSR count). The molecule has 57 heavy (non-hydrogen) atoms. The Morgan fingerprint density at radius 1 is 0.860 bits per heavy atom. The van der Waals surface area contributed by atoms with E-state index in [9.17, 15) is 19.2 Å². The van der Waals surface area contributed by atoms with Crippen LogP contribution in [0.4, 0.5) is 0 Å². The second-order valence-corrected chi connectivity index (χ2v) is 16.6. The number of ether oxygens (including phenoxy) is 3. The Kier molecular flexibility index (Phi) is 13.2. The molecule has 2 aromatic carbocycles. The summed E-state index contributed by atoms with van der Waals surface area (Å²) < 4.78 is 16.9. The van der Waals surface area contributed by atoms with Crippen LogP contribution in [0.5, 0.6) is 5.75 Å². The van der Waals surface area contributed by atoms with Crippen LogP contribution >= 0.6 is 23.2 Å². The zero-order valence-corrected chi connectivity index (χ0v) is 34.6. The van der Waals surface area contributed by atoms with Gasteiger partial charge in [0.1, 0.15) is 18.3 Å². The van der Waals surface area contributed by atoms with E-state index < -0.39 is 23.8 Å². The van der Waals surface area contributed by atoms with Gasteiger partial charge < -0.3 is 28.9 Å². The molecule has 0 aliphatic carbocycles. The summed E-state index contributed by atoms with van der Waals surface area (Å²) in [7, 11) is 4.80. The Morgan fingerprint density at radius 3 is 2.21 bits per heavy atom.